The van der Waals surface area contributed by atoms with Crippen LogP contribution in [0.15, 0.2) is 182 Å². The van der Waals surface area contributed by atoms with Crippen molar-refractivity contribution in [3.05, 3.63) is 209 Å². The van der Waals surface area contributed by atoms with Gasteiger partial charge in [0.1, 0.15) is 0 Å². The fourth-order valence-corrected chi connectivity index (χ4v) is 6.39. The molecule has 2 heterocycles. The minimum atomic E-state index is 1.12. The average Bonchev–Trinajstić information content (AvgIpc) is 3.12. The van der Waals surface area contributed by atoms with Crippen molar-refractivity contribution >= 4 is 39.6 Å². The molecule has 2 heteroatoms. The molecule has 44 heavy (non-hydrogen) atoms. The van der Waals surface area contributed by atoms with E-state index in [1.54, 1.807) is 0 Å². The minimum Gasteiger partial charge on any atom is -0.315 e. The van der Waals surface area contributed by atoms with Crippen molar-refractivity contribution in [2.24, 2.45) is 0 Å². The third-order valence-corrected chi connectivity index (χ3v) is 8.40. The molecule has 2 aliphatic rings. The highest BCUT2D eigenvalue weighted by Crippen LogP contribution is 2.43. The van der Waals surface area contributed by atoms with Gasteiger partial charge in [0.05, 0.1) is 17.1 Å². The van der Waals surface area contributed by atoms with Crippen LogP contribution in [0.25, 0.3) is 16.8 Å². The number of hydrogen-bond donors (Lipinski definition) is 0. The molecule has 0 unspecified atom stereocenters. The molecule has 6 aromatic rings. The van der Waals surface area contributed by atoms with Crippen molar-refractivity contribution in [3.63, 3.8) is 0 Å². The summed E-state index contributed by atoms with van der Waals surface area (Å²) in [6.07, 6.45) is 6.84. The Hall–Kier alpha value is -5.86. The van der Waals surface area contributed by atoms with Crippen molar-refractivity contribution in [1.29, 1.82) is 0 Å². The van der Waals surface area contributed by atoms with E-state index in [0.29, 0.717) is 0 Å². The maximum atomic E-state index is 2.45. The van der Waals surface area contributed by atoms with Crippen LogP contribution in [0.4, 0.5) is 22.7 Å². The van der Waals surface area contributed by atoms with E-state index in [0.717, 1.165) is 34.0 Å². The third kappa shape index (κ3) is 4.45. The van der Waals surface area contributed by atoms with Crippen LogP contribution < -0.4 is 20.2 Å². The lowest BCUT2D eigenvalue weighted by molar-refractivity contribution is 1.18. The Morgan fingerprint density at radius 3 is 1.39 bits per heavy atom. The first kappa shape index (κ1) is 25.8. The molecule has 6 aromatic carbocycles. The molecular weight excluding hydrogens is 532 g/mol. The quantitative estimate of drug-likeness (QED) is 0.207. The summed E-state index contributed by atoms with van der Waals surface area (Å²) < 4.78 is 0. The molecule has 0 amide bonds. The predicted molar refractivity (Wildman–Crippen MR) is 184 cm³/mol. The number of benzene rings is 6. The molecule has 0 radical (unpaired) electrons. The highest BCUT2D eigenvalue weighted by Gasteiger charge is 2.30. The van der Waals surface area contributed by atoms with Gasteiger partial charge < -0.3 is 9.80 Å². The number of allylic oxidation sites excluding steroid dienone is 2. The second-order valence-electron chi connectivity index (χ2n) is 11.0. The van der Waals surface area contributed by atoms with Crippen LogP contribution >= 0.6 is 0 Å². The maximum Gasteiger partial charge on any atom is 0.0788 e. The SMILES string of the molecule is C1=CN(c2ccccc2)c2c3c(ccc2=C1c1ccccc1)=C(c1ccccc1)C=C(c1ccccc1)N3c1ccccc1. The Labute approximate surface area is 258 Å². The number of fused-ring (bicyclic) bond motifs is 3. The van der Waals surface area contributed by atoms with Crippen molar-refractivity contribution in [1.82, 2.24) is 0 Å². The van der Waals surface area contributed by atoms with Crippen molar-refractivity contribution in [3.8, 4) is 0 Å². The molecule has 8 rings (SSSR count). The van der Waals surface area contributed by atoms with Crippen molar-refractivity contribution < 1.29 is 0 Å². The standard InChI is InChI=1S/C42H30N2/c1-6-16-31(17-7-1)36-28-29-43(34-22-12-4-13-23-34)41-37(36)26-27-38-39(32-18-8-2-9-19-32)30-40(33-20-10-3-11-21-33)44(42(38)41)35-24-14-5-15-25-35/h1-30H. The van der Waals surface area contributed by atoms with Gasteiger partial charge in [-0.05, 0) is 64.3 Å². The molecule has 208 valence electrons. The fourth-order valence-electron chi connectivity index (χ4n) is 6.39. The first-order valence-corrected chi connectivity index (χ1v) is 15.0. The predicted octanol–water partition coefficient (Wildman–Crippen LogP) is 8.94. The van der Waals surface area contributed by atoms with Gasteiger partial charge in [0, 0.05) is 28.0 Å². The molecule has 0 aliphatic carbocycles. The third-order valence-electron chi connectivity index (χ3n) is 8.40. The van der Waals surface area contributed by atoms with Crippen LogP contribution in [0.3, 0.4) is 0 Å². The van der Waals surface area contributed by atoms with E-state index in [1.165, 1.54) is 32.7 Å². The van der Waals surface area contributed by atoms with E-state index < -0.39 is 0 Å². The zero-order chi connectivity index (χ0) is 29.3. The van der Waals surface area contributed by atoms with Gasteiger partial charge in [0.15, 0.2) is 0 Å². The Morgan fingerprint density at radius 1 is 0.364 bits per heavy atom. The first-order chi connectivity index (χ1) is 21.9. The highest BCUT2D eigenvalue weighted by atomic mass is 15.2. The van der Waals surface area contributed by atoms with Crippen molar-refractivity contribution in [2.45, 2.75) is 0 Å². The average molecular weight is 563 g/mol. The molecule has 0 atom stereocenters. The van der Waals surface area contributed by atoms with Gasteiger partial charge in [-0.1, -0.05) is 140 Å². The Bertz CT molecular complexity index is 2130. The minimum absolute atomic E-state index is 1.12. The Kier molecular flexibility index (Phi) is 6.51. The summed E-state index contributed by atoms with van der Waals surface area (Å²) in [7, 11) is 0. The van der Waals surface area contributed by atoms with Gasteiger partial charge in [0.2, 0.25) is 0 Å². The molecule has 0 bridgehead atoms. The summed E-state index contributed by atoms with van der Waals surface area (Å²) in [5.74, 6) is 0. The highest BCUT2D eigenvalue weighted by molar-refractivity contribution is 6.04. The molecule has 2 aliphatic heterocycles. The normalized spacial score (nSPS) is 13.8. The van der Waals surface area contributed by atoms with Gasteiger partial charge in [-0.25, -0.2) is 0 Å². The summed E-state index contributed by atoms with van der Waals surface area (Å²) >= 11 is 0. The summed E-state index contributed by atoms with van der Waals surface area (Å²) in [5, 5.41) is 2.39. The number of nitrogens with zero attached hydrogens (tertiary/aromatic N) is 2. The zero-order valence-electron chi connectivity index (χ0n) is 24.2. The summed E-state index contributed by atoms with van der Waals surface area (Å²) in [6.45, 7) is 0. The molecule has 0 spiro atoms. The molecule has 0 fully saturated rings. The number of para-hydroxylation sites is 2. The van der Waals surface area contributed by atoms with Crippen LogP contribution in [-0.2, 0) is 0 Å². The van der Waals surface area contributed by atoms with Gasteiger partial charge in [0.25, 0.3) is 0 Å². The topological polar surface area (TPSA) is 6.48 Å². The lowest BCUT2D eigenvalue weighted by Crippen LogP contribution is -2.35. The Balaban J connectivity index is 1.56. The van der Waals surface area contributed by atoms with Crippen LogP contribution in [0, 0.1) is 0 Å². The molecule has 0 N–H and O–H groups in total. The zero-order valence-corrected chi connectivity index (χ0v) is 24.2. The molecule has 0 saturated carbocycles. The lowest BCUT2D eigenvalue weighted by atomic mass is 9.91. The number of anilines is 4. The second kappa shape index (κ2) is 11.1. The summed E-state index contributed by atoms with van der Waals surface area (Å²) in [6, 6.07) is 58.3. The first-order valence-electron chi connectivity index (χ1n) is 15.0. The van der Waals surface area contributed by atoms with E-state index in [1.807, 2.05) is 0 Å². The van der Waals surface area contributed by atoms with Crippen LogP contribution in [0.2, 0.25) is 0 Å². The monoisotopic (exact) mass is 562 g/mol. The van der Waals surface area contributed by atoms with Gasteiger partial charge in [-0.3, -0.25) is 0 Å². The van der Waals surface area contributed by atoms with Gasteiger partial charge >= 0.3 is 0 Å². The van der Waals surface area contributed by atoms with E-state index >= 15 is 0 Å². The van der Waals surface area contributed by atoms with E-state index in [4.69, 9.17) is 0 Å². The maximum absolute atomic E-state index is 2.45. The van der Waals surface area contributed by atoms with Crippen LogP contribution in [0.1, 0.15) is 16.7 Å². The molecule has 0 saturated heterocycles. The van der Waals surface area contributed by atoms with Crippen LogP contribution in [0.5, 0.6) is 0 Å². The molecular formula is C42H30N2. The molecule has 0 aromatic heterocycles. The largest absolute Gasteiger partial charge is 0.315 e. The summed E-state index contributed by atoms with van der Waals surface area (Å²) in [5.41, 5.74) is 11.7. The number of hydrogen-bond acceptors (Lipinski definition) is 2. The number of rotatable bonds is 5. The van der Waals surface area contributed by atoms with Crippen molar-refractivity contribution in [2.75, 3.05) is 9.80 Å². The van der Waals surface area contributed by atoms with E-state index in [-0.39, 0.29) is 0 Å². The van der Waals surface area contributed by atoms with Gasteiger partial charge in [-0.15, -0.1) is 0 Å². The Morgan fingerprint density at radius 2 is 0.818 bits per heavy atom. The second-order valence-corrected chi connectivity index (χ2v) is 11.0. The molecule has 2 nitrogen and oxygen atoms in total. The van der Waals surface area contributed by atoms with E-state index in [9.17, 15) is 0 Å². The smallest absolute Gasteiger partial charge is 0.0788 e. The van der Waals surface area contributed by atoms with Gasteiger partial charge in [-0.2, -0.15) is 0 Å². The van der Waals surface area contributed by atoms with E-state index in [2.05, 4.69) is 192 Å². The summed E-state index contributed by atoms with van der Waals surface area (Å²) in [4.78, 5) is 4.81. The lowest BCUT2D eigenvalue weighted by Gasteiger charge is -2.37. The fraction of sp³-hybridized carbons (Fsp3) is 0. The van der Waals surface area contributed by atoms with Crippen LogP contribution in [-0.4, -0.2) is 0 Å².